The number of benzene rings is 2. The average molecular weight is 624 g/mol. The number of hydrogen-bond acceptors (Lipinski definition) is 6. The summed E-state index contributed by atoms with van der Waals surface area (Å²) in [7, 11) is 0. The zero-order chi connectivity index (χ0) is 34.1. The lowest BCUT2D eigenvalue weighted by Crippen LogP contribution is -2.57. The molecule has 0 aliphatic heterocycles. The van der Waals surface area contributed by atoms with Gasteiger partial charge < -0.3 is 25.0 Å². The summed E-state index contributed by atoms with van der Waals surface area (Å²) in [6.45, 7) is 19.9. The van der Waals surface area contributed by atoms with E-state index < -0.39 is 59.2 Å². The zero-order valence-electron chi connectivity index (χ0n) is 28.9. The molecule has 2 N–H and O–H groups in total. The maximum absolute atomic E-state index is 14.4. The number of nitrogens with zero attached hydrogens (tertiary/aromatic N) is 1. The van der Waals surface area contributed by atoms with Gasteiger partial charge in [-0.1, -0.05) is 75.4 Å². The van der Waals surface area contributed by atoms with Crippen LogP contribution in [0.3, 0.4) is 0 Å². The van der Waals surface area contributed by atoms with Crippen LogP contribution < -0.4 is 10.6 Å². The summed E-state index contributed by atoms with van der Waals surface area (Å²) in [5.74, 6) is -1.87. The molecular weight excluding hydrogens is 570 g/mol. The van der Waals surface area contributed by atoms with Crippen LogP contribution in [-0.2, 0) is 36.7 Å². The Morgan fingerprint density at radius 3 is 1.78 bits per heavy atom. The number of hydrogen-bond donors (Lipinski definition) is 2. The summed E-state index contributed by atoms with van der Waals surface area (Å²) in [4.78, 5) is 56.4. The van der Waals surface area contributed by atoms with Crippen LogP contribution >= 0.6 is 0 Å². The number of ether oxygens (including phenoxy) is 2. The second-order valence-electron chi connectivity index (χ2n) is 14.0. The average Bonchev–Trinajstić information content (AvgIpc) is 2.92. The fraction of sp³-hybridized carbons (Fsp3) is 0.556. The van der Waals surface area contributed by atoms with Crippen molar-refractivity contribution in [1.82, 2.24) is 15.5 Å². The number of carbonyl (C=O) groups excluding carboxylic acids is 4. The summed E-state index contributed by atoms with van der Waals surface area (Å²) < 4.78 is 11.2. The highest BCUT2D eigenvalue weighted by molar-refractivity contribution is 5.94. The van der Waals surface area contributed by atoms with E-state index in [0.717, 1.165) is 17.5 Å². The molecule has 0 radical (unpaired) electrons. The van der Waals surface area contributed by atoms with Gasteiger partial charge in [-0.05, 0) is 84.4 Å². The van der Waals surface area contributed by atoms with Crippen molar-refractivity contribution < 1.29 is 28.7 Å². The first-order valence-electron chi connectivity index (χ1n) is 15.8. The highest BCUT2D eigenvalue weighted by atomic mass is 16.6. The number of alkyl carbamates (subject to hydrolysis) is 1. The van der Waals surface area contributed by atoms with E-state index in [0.29, 0.717) is 5.56 Å². The van der Waals surface area contributed by atoms with Crippen LogP contribution in [-0.4, -0.2) is 58.1 Å². The van der Waals surface area contributed by atoms with Gasteiger partial charge in [0.1, 0.15) is 29.3 Å². The van der Waals surface area contributed by atoms with Crippen molar-refractivity contribution in [2.24, 2.45) is 5.92 Å². The Morgan fingerprint density at radius 2 is 1.31 bits per heavy atom. The second kappa shape index (κ2) is 15.9. The largest absolute Gasteiger partial charge is 0.458 e. The molecule has 0 saturated heterocycles. The minimum absolute atomic E-state index is 0.202. The molecular formula is C36H53N3O6. The number of amides is 3. The fourth-order valence-electron chi connectivity index (χ4n) is 4.83. The minimum atomic E-state index is -1.11. The summed E-state index contributed by atoms with van der Waals surface area (Å²) in [5.41, 5.74) is 0.961. The van der Waals surface area contributed by atoms with Gasteiger partial charge in [0.25, 0.3) is 0 Å². The van der Waals surface area contributed by atoms with Crippen LogP contribution in [0.25, 0.3) is 0 Å². The highest BCUT2D eigenvalue weighted by Gasteiger charge is 2.40. The van der Waals surface area contributed by atoms with Crippen molar-refractivity contribution in [3.63, 3.8) is 0 Å². The van der Waals surface area contributed by atoms with Gasteiger partial charge in [-0.25, -0.2) is 9.59 Å². The van der Waals surface area contributed by atoms with Crippen LogP contribution in [0.1, 0.15) is 98.9 Å². The Morgan fingerprint density at radius 1 is 0.756 bits per heavy atom. The predicted molar refractivity (Wildman–Crippen MR) is 176 cm³/mol. The SMILES string of the molecule is CCc1ccc(C(C(=O)NC(Cc2ccccc2)C(=O)OC(C)(C)C)N(C(=O)C(NC(=O)OC(C)(C)C)C(C)C)C(C)C)cc1. The van der Waals surface area contributed by atoms with Crippen molar-refractivity contribution in [3.8, 4) is 0 Å². The number of aryl methyl sites for hydroxylation is 1. The number of rotatable bonds is 12. The molecule has 0 heterocycles. The smallest absolute Gasteiger partial charge is 0.408 e. The summed E-state index contributed by atoms with van der Waals surface area (Å²) in [5, 5.41) is 5.66. The Hall–Kier alpha value is -3.88. The molecule has 3 atom stereocenters. The van der Waals surface area contributed by atoms with Gasteiger partial charge in [0, 0.05) is 12.5 Å². The van der Waals surface area contributed by atoms with E-state index in [1.54, 1.807) is 41.5 Å². The Labute approximate surface area is 269 Å². The van der Waals surface area contributed by atoms with E-state index in [1.807, 2.05) is 89.2 Å². The Balaban J connectivity index is 2.59. The summed E-state index contributed by atoms with van der Waals surface area (Å²) in [6, 6.07) is 13.3. The molecule has 45 heavy (non-hydrogen) atoms. The minimum Gasteiger partial charge on any atom is -0.458 e. The molecule has 0 aliphatic rings. The zero-order valence-corrected chi connectivity index (χ0v) is 28.9. The first-order valence-corrected chi connectivity index (χ1v) is 15.8. The van der Waals surface area contributed by atoms with Crippen molar-refractivity contribution >= 4 is 23.9 Å². The van der Waals surface area contributed by atoms with Gasteiger partial charge in [-0.2, -0.15) is 0 Å². The molecule has 0 spiro atoms. The van der Waals surface area contributed by atoms with Gasteiger partial charge >= 0.3 is 12.1 Å². The second-order valence-corrected chi connectivity index (χ2v) is 14.0. The third kappa shape index (κ3) is 11.9. The van der Waals surface area contributed by atoms with E-state index in [9.17, 15) is 19.2 Å². The number of nitrogens with one attached hydrogen (secondary N) is 2. The van der Waals surface area contributed by atoms with Crippen molar-refractivity contribution in [1.29, 1.82) is 0 Å². The fourth-order valence-corrected chi connectivity index (χ4v) is 4.83. The molecule has 0 saturated carbocycles. The molecule has 3 unspecified atom stereocenters. The Bertz CT molecular complexity index is 1280. The van der Waals surface area contributed by atoms with E-state index in [4.69, 9.17) is 9.47 Å². The summed E-state index contributed by atoms with van der Waals surface area (Å²) >= 11 is 0. The molecule has 0 fully saturated rings. The van der Waals surface area contributed by atoms with Crippen LogP contribution in [0.4, 0.5) is 4.79 Å². The lowest BCUT2D eigenvalue weighted by molar-refractivity contribution is -0.159. The topological polar surface area (TPSA) is 114 Å². The third-order valence-corrected chi connectivity index (χ3v) is 6.94. The molecule has 9 nitrogen and oxygen atoms in total. The first kappa shape index (κ1) is 37.3. The lowest BCUT2D eigenvalue weighted by atomic mass is 9.96. The molecule has 2 aromatic rings. The van der Waals surface area contributed by atoms with Gasteiger partial charge in [0.05, 0.1) is 0 Å². The molecule has 2 aromatic carbocycles. The van der Waals surface area contributed by atoms with Gasteiger partial charge in [0.15, 0.2) is 0 Å². The molecule has 3 amide bonds. The van der Waals surface area contributed by atoms with Crippen molar-refractivity contribution in [2.45, 2.75) is 124 Å². The molecule has 0 bridgehead atoms. The normalized spacial score (nSPS) is 13.9. The summed E-state index contributed by atoms with van der Waals surface area (Å²) in [6.07, 6.45) is 0.282. The Kier molecular flexibility index (Phi) is 13.2. The van der Waals surface area contributed by atoms with Crippen molar-refractivity contribution in [2.75, 3.05) is 0 Å². The molecule has 9 heteroatoms. The number of carbonyl (C=O) groups is 4. The van der Waals surface area contributed by atoms with Crippen LogP contribution in [0.5, 0.6) is 0 Å². The monoisotopic (exact) mass is 623 g/mol. The molecule has 0 aromatic heterocycles. The predicted octanol–water partition coefficient (Wildman–Crippen LogP) is 6.15. The van der Waals surface area contributed by atoms with Gasteiger partial charge in [-0.15, -0.1) is 0 Å². The van der Waals surface area contributed by atoms with E-state index in [-0.39, 0.29) is 12.3 Å². The van der Waals surface area contributed by atoms with E-state index in [1.165, 1.54) is 4.90 Å². The lowest BCUT2D eigenvalue weighted by Gasteiger charge is -2.38. The molecule has 248 valence electrons. The first-order chi connectivity index (χ1) is 20.8. The van der Waals surface area contributed by atoms with Gasteiger partial charge in [0.2, 0.25) is 11.8 Å². The number of esters is 1. The van der Waals surface area contributed by atoms with Gasteiger partial charge in [-0.3, -0.25) is 9.59 Å². The highest BCUT2D eigenvalue weighted by Crippen LogP contribution is 2.27. The van der Waals surface area contributed by atoms with Crippen molar-refractivity contribution in [3.05, 3.63) is 71.3 Å². The maximum Gasteiger partial charge on any atom is 0.408 e. The maximum atomic E-state index is 14.4. The standard InChI is InChI=1S/C36H53N3O6/c1-12-25-18-20-27(21-19-25)30(39(24(4)5)32(41)29(23(2)3)38-34(43)45-36(9,10)11)31(40)37-28(33(42)44-35(6,7)8)22-26-16-14-13-15-17-26/h13-21,23-24,28-30H,12,22H2,1-11H3,(H,37,40)(H,38,43). The van der Waals surface area contributed by atoms with E-state index in [2.05, 4.69) is 10.6 Å². The van der Waals surface area contributed by atoms with Crippen LogP contribution in [0.15, 0.2) is 54.6 Å². The molecule has 2 rings (SSSR count). The molecule has 0 aliphatic carbocycles. The quantitative estimate of drug-likeness (QED) is 0.275. The van der Waals surface area contributed by atoms with E-state index >= 15 is 0 Å². The third-order valence-electron chi connectivity index (χ3n) is 6.94. The van der Waals surface area contributed by atoms with Crippen LogP contribution in [0, 0.1) is 5.92 Å². The van der Waals surface area contributed by atoms with Crippen LogP contribution in [0.2, 0.25) is 0 Å².